The molecule has 4 aromatic rings. The van der Waals surface area contributed by atoms with Crippen LogP contribution in [0.2, 0.25) is 0 Å². The van der Waals surface area contributed by atoms with E-state index < -0.39 is 50.9 Å². The van der Waals surface area contributed by atoms with Crippen LogP contribution >= 0.6 is 17.0 Å². The molecule has 10 heteroatoms. The van der Waals surface area contributed by atoms with Gasteiger partial charge >= 0.3 is 268 Å². The van der Waals surface area contributed by atoms with E-state index in [0.29, 0.717) is 23.1 Å². The molecule has 0 bridgehead atoms. The Morgan fingerprint density at radius 1 is 0.818 bits per heavy atom. The summed E-state index contributed by atoms with van der Waals surface area (Å²) >= 11 is -4.40. The van der Waals surface area contributed by atoms with E-state index in [0.717, 1.165) is 32.1 Å². The van der Waals surface area contributed by atoms with Gasteiger partial charge in [-0.2, -0.15) is 0 Å². The van der Waals surface area contributed by atoms with Gasteiger partial charge in [0.25, 0.3) is 0 Å². The molecule has 44 heavy (non-hydrogen) atoms. The zero-order valence-corrected chi connectivity index (χ0v) is 29.5. The number of hydrogen-bond donors (Lipinski definition) is 0. The Kier molecular flexibility index (Phi) is 8.17. The van der Waals surface area contributed by atoms with Crippen molar-refractivity contribution in [2.45, 2.75) is 43.2 Å². The molecule has 2 aliphatic rings. The third-order valence-electron chi connectivity index (χ3n) is 8.82. The second kappa shape index (κ2) is 11.3. The predicted molar refractivity (Wildman–Crippen MR) is 168 cm³/mol. The number of halogens is 8. The van der Waals surface area contributed by atoms with Crippen LogP contribution in [-0.2, 0) is 36.7 Å². The van der Waals surface area contributed by atoms with Crippen LogP contribution in [0.4, 0.5) is 26.3 Å². The van der Waals surface area contributed by atoms with Crippen molar-refractivity contribution >= 4 is 46.3 Å². The van der Waals surface area contributed by atoms with Gasteiger partial charge in [-0.1, -0.05) is 0 Å². The molecular weight excluding hydrogens is 713 g/mol. The van der Waals surface area contributed by atoms with Gasteiger partial charge in [0.15, 0.2) is 0 Å². The second-order valence-electron chi connectivity index (χ2n) is 11.8. The Morgan fingerprint density at radius 3 is 2.07 bits per heavy atom. The molecule has 1 atom stereocenters. The van der Waals surface area contributed by atoms with Crippen LogP contribution in [0.3, 0.4) is 0 Å². The number of aryl methyl sites for hydroxylation is 1. The zero-order chi connectivity index (χ0) is 31.8. The Bertz CT molecular complexity index is 1790. The van der Waals surface area contributed by atoms with E-state index >= 15 is 0 Å². The first-order chi connectivity index (χ1) is 20.6. The molecule has 0 radical (unpaired) electrons. The van der Waals surface area contributed by atoms with Crippen LogP contribution in [-0.4, -0.2) is 9.52 Å². The van der Waals surface area contributed by atoms with Crippen molar-refractivity contribution in [2.24, 2.45) is 5.92 Å². The molecule has 1 aliphatic heterocycles. The van der Waals surface area contributed by atoms with Gasteiger partial charge in [-0.15, -0.1) is 0 Å². The molecule has 6 rings (SSSR count). The van der Waals surface area contributed by atoms with E-state index in [9.17, 15) is 26.3 Å². The van der Waals surface area contributed by atoms with Crippen molar-refractivity contribution in [3.8, 4) is 22.3 Å². The fourth-order valence-corrected chi connectivity index (χ4v) is 23.8. The summed E-state index contributed by atoms with van der Waals surface area (Å²) in [5, 5.41) is 2.57. The summed E-state index contributed by atoms with van der Waals surface area (Å²) in [5.74, 6) is -0.00245. The number of benzene rings is 4. The molecule has 1 heterocycles. The van der Waals surface area contributed by atoms with Gasteiger partial charge in [0.2, 0.25) is 0 Å². The van der Waals surface area contributed by atoms with E-state index in [1.807, 2.05) is 63.2 Å². The number of rotatable bonds is 5. The maximum atomic E-state index is 13.9. The van der Waals surface area contributed by atoms with Gasteiger partial charge in [-0.25, -0.2) is 0 Å². The molecule has 0 aromatic heterocycles. The molecule has 1 aliphatic carbocycles. The Balaban J connectivity index is 1.57. The normalized spacial score (nSPS) is 16.7. The fourth-order valence-electron chi connectivity index (χ4n) is 6.78. The number of fused-ring (bicyclic) bond motifs is 4. The van der Waals surface area contributed by atoms with Crippen molar-refractivity contribution < 1.29 is 44.2 Å². The van der Waals surface area contributed by atoms with Crippen molar-refractivity contribution in [2.75, 3.05) is 0 Å². The van der Waals surface area contributed by atoms with Crippen LogP contribution in [0.25, 0.3) is 28.3 Å². The van der Waals surface area contributed by atoms with Crippen molar-refractivity contribution in [1.29, 1.82) is 0 Å². The summed E-state index contributed by atoms with van der Waals surface area (Å²) in [6, 6.07) is 20.0. The predicted octanol–water partition coefficient (Wildman–Crippen LogP) is 8.93. The van der Waals surface area contributed by atoms with Crippen LogP contribution in [0, 0.1) is 5.92 Å². The minimum absolute atomic E-state index is 0.00245. The first kappa shape index (κ1) is 31.8. The zero-order valence-electron chi connectivity index (χ0n) is 24.1. The molecular formula is C34H28Cl2F6SiZr. The van der Waals surface area contributed by atoms with Gasteiger partial charge in [0.05, 0.1) is 0 Å². The summed E-state index contributed by atoms with van der Waals surface area (Å²) in [5.41, 5.74) is 2.96. The van der Waals surface area contributed by atoms with Crippen LogP contribution in [0.15, 0.2) is 78.4 Å². The van der Waals surface area contributed by atoms with Crippen LogP contribution in [0.1, 0.15) is 52.2 Å². The summed E-state index contributed by atoms with van der Waals surface area (Å²) in [7, 11) is 14.5. The van der Waals surface area contributed by atoms with Crippen LogP contribution in [0.5, 0.6) is 0 Å². The van der Waals surface area contributed by atoms with Gasteiger partial charge in [-0.3, -0.25) is 0 Å². The van der Waals surface area contributed by atoms with Crippen molar-refractivity contribution in [3.05, 3.63) is 106 Å². The average molecular weight is 741 g/mol. The SMILES string of the molecule is CCc1ccc2c(c1-c1cc(C(F)(F)F)cc(C(F)(F)F)c1)C=C(C(C)C)[CH]2[Zr]([Cl])([Cl])[c]1cccc2c1[SiH2]c1ccccc1-2. The molecule has 0 nitrogen and oxygen atoms in total. The summed E-state index contributed by atoms with van der Waals surface area (Å²) < 4.78 is 84.0. The summed E-state index contributed by atoms with van der Waals surface area (Å²) in [6.07, 6.45) is -7.55. The Morgan fingerprint density at radius 2 is 1.45 bits per heavy atom. The topological polar surface area (TPSA) is 0 Å². The maximum absolute atomic E-state index is 13.9. The summed E-state index contributed by atoms with van der Waals surface area (Å²) in [4.78, 5) is 0. The molecule has 0 spiro atoms. The third kappa shape index (κ3) is 5.38. The minimum atomic E-state index is -4.95. The molecule has 0 N–H and O–H groups in total. The second-order valence-corrected chi connectivity index (χ2v) is 27.6. The van der Waals surface area contributed by atoms with E-state index in [-0.39, 0.29) is 21.2 Å². The van der Waals surface area contributed by atoms with E-state index in [2.05, 4.69) is 18.2 Å². The van der Waals surface area contributed by atoms with Gasteiger partial charge in [-0.05, 0) is 0 Å². The van der Waals surface area contributed by atoms with E-state index in [4.69, 9.17) is 17.0 Å². The van der Waals surface area contributed by atoms with Gasteiger partial charge in [0, 0.05) is 0 Å². The Labute approximate surface area is 266 Å². The number of hydrogen-bond acceptors (Lipinski definition) is 0. The van der Waals surface area contributed by atoms with E-state index in [1.54, 1.807) is 0 Å². The average Bonchev–Trinajstić information content (AvgIpc) is 3.55. The van der Waals surface area contributed by atoms with Crippen molar-refractivity contribution in [1.82, 2.24) is 0 Å². The summed E-state index contributed by atoms with van der Waals surface area (Å²) in [6.45, 7) is 5.88. The van der Waals surface area contributed by atoms with Crippen LogP contribution < -0.4 is 13.6 Å². The first-order valence-corrected chi connectivity index (χ1v) is 24.8. The third-order valence-corrected chi connectivity index (χ3v) is 23.1. The first-order valence-electron chi connectivity index (χ1n) is 14.4. The van der Waals surface area contributed by atoms with E-state index in [1.165, 1.54) is 15.9 Å². The monoisotopic (exact) mass is 738 g/mol. The van der Waals surface area contributed by atoms with Crippen molar-refractivity contribution in [3.63, 3.8) is 0 Å². The number of alkyl halides is 6. The Hall–Kier alpha value is -2.12. The molecule has 0 amide bonds. The molecule has 0 saturated heterocycles. The van der Waals surface area contributed by atoms with Gasteiger partial charge < -0.3 is 0 Å². The fraction of sp³-hybridized carbons (Fsp3) is 0.235. The quantitative estimate of drug-likeness (QED) is 0.125. The molecule has 228 valence electrons. The number of allylic oxidation sites excluding steroid dienone is 1. The molecule has 0 fully saturated rings. The molecule has 1 unspecified atom stereocenters. The van der Waals surface area contributed by atoms with Gasteiger partial charge in [0.1, 0.15) is 0 Å². The molecule has 4 aromatic carbocycles. The molecule has 0 saturated carbocycles. The standard InChI is InChI=1S/C22H19F6.C12H9Si.2ClH.Zr/c1-4-13-5-6-14-7-15(12(2)3)10-19(14)20(13)16-8-17(21(23,24)25)11-18(9-16)22(26,27)28;1-3-7-11-9(5-1)10-6-2-4-8-12(10)13-11;;;/h5-12H,4H2,1-3H3;1-7H,13H2;2*1H;/q;;;;+2/p-2.